The summed E-state index contributed by atoms with van der Waals surface area (Å²) in [4.78, 5) is 13.6. The standard InChI is InChI=1S/C16H21ClN2O/c1-19(2)16(20)14-10-13(8-9-15(14)17)18-11-12-6-4-3-5-7-12/h3-4,8-10,12,18H,5-7,11H2,1-2H3. The van der Waals surface area contributed by atoms with Crippen molar-refractivity contribution in [2.75, 3.05) is 26.0 Å². The van der Waals surface area contributed by atoms with Crippen LogP contribution in [0.3, 0.4) is 0 Å². The smallest absolute Gasteiger partial charge is 0.254 e. The maximum atomic E-state index is 12.0. The Labute approximate surface area is 125 Å². The van der Waals surface area contributed by atoms with E-state index in [1.165, 1.54) is 11.3 Å². The van der Waals surface area contributed by atoms with Gasteiger partial charge in [0.05, 0.1) is 10.6 Å². The molecule has 0 aliphatic heterocycles. The van der Waals surface area contributed by atoms with E-state index in [1.54, 1.807) is 20.2 Å². The van der Waals surface area contributed by atoms with Gasteiger partial charge in [0.2, 0.25) is 0 Å². The molecule has 0 bridgehead atoms. The molecule has 0 radical (unpaired) electrons. The van der Waals surface area contributed by atoms with Crippen LogP contribution >= 0.6 is 11.6 Å². The average molecular weight is 293 g/mol. The molecule has 108 valence electrons. The van der Waals surface area contributed by atoms with Gasteiger partial charge < -0.3 is 10.2 Å². The molecule has 0 saturated carbocycles. The number of nitrogens with one attached hydrogen (secondary N) is 1. The summed E-state index contributed by atoms with van der Waals surface area (Å²) < 4.78 is 0. The minimum Gasteiger partial charge on any atom is -0.385 e. The fourth-order valence-electron chi connectivity index (χ4n) is 2.34. The van der Waals surface area contributed by atoms with Crippen LogP contribution in [0.4, 0.5) is 5.69 Å². The maximum absolute atomic E-state index is 12.0. The lowest BCUT2D eigenvalue weighted by Crippen LogP contribution is -2.22. The summed E-state index contributed by atoms with van der Waals surface area (Å²) in [6.45, 7) is 0.932. The second kappa shape index (κ2) is 6.80. The Morgan fingerprint density at radius 2 is 2.20 bits per heavy atom. The Hall–Kier alpha value is -1.48. The van der Waals surface area contributed by atoms with Crippen LogP contribution in [0.15, 0.2) is 30.4 Å². The van der Waals surface area contributed by atoms with Gasteiger partial charge in [-0.2, -0.15) is 0 Å². The predicted octanol–water partition coefficient (Wildman–Crippen LogP) is 3.81. The first-order chi connectivity index (χ1) is 9.58. The zero-order valence-corrected chi connectivity index (χ0v) is 12.8. The van der Waals surface area contributed by atoms with Crippen molar-refractivity contribution in [3.63, 3.8) is 0 Å². The average Bonchev–Trinajstić information content (AvgIpc) is 2.46. The third-order valence-corrected chi connectivity index (χ3v) is 3.91. The van der Waals surface area contributed by atoms with Gasteiger partial charge in [0.25, 0.3) is 5.91 Å². The fourth-order valence-corrected chi connectivity index (χ4v) is 2.54. The van der Waals surface area contributed by atoms with Crippen LogP contribution in [-0.4, -0.2) is 31.4 Å². The highest BCUT2D eigenvalue weighted by molar-refractivity contribution is 6.34. The molecule has 0 aromatic heterocycles. The van der Waals surface area contributed by atoms with E-state index in [-0.39, 0.29) is 5.91 Å². The van der Waals surface area contributed by atoms with E-state index in [9.17, 15) is 4.79 Å². The molecule has 1 atom stereocenters. The van der Waals surface area contributed by atoms with E-state index in [0.717, 1.165) is 25.1 Å². The van der Waals surface area contributed by atoms with E-state index in [1.807, 2.05) is 12.1 Å². The van der Waals surface area contributed by atoms with Crippen molar-refractivity contribution >= 4 is 23.2 Å². The molecule has 1 aliphatic rings. The summed E-state index contributed by atoms with van der Waals surface area (Å²) in [5.41, 5.74) is 1.50. The number of halogens is 1. The maximum Gasteiger partial charge on any atom is 0.254 e. The molecule has 1 unspecified atom stereocenters. The Bertz CT molecular complexity index is 511. The molecule has 3 nitrogen and oxygen atoms in total. The third kappa shape index (κ3) is 3.76. The number of carbonyl (C=O) groups is 1. The first-order valence-electron chi connectivity index (χ1n) is 6.98. The lowest BCUT2D eigenvalue weighted by atomic mass is 9.94. The molecular weight excluding hydrogens is 272 g/mol. The quantitative estimate of drug-likeness (QED) is 0.856. The van der Waals surface area contributed by atoms with Crippen molar-refractivity contribution < 1.29 is 4.79 Å². The zero-order chi connectivity index (χ0) is 14.5. The number of benzene rings is 1. The van der Waals surface area contributed by atoms with Gasteiger partial charge in [-0.05, 0) is 43.4 Å². The van der Waals surface area contributed by atoms with Gasteiger partial charge in [0.15, 0.2) is 0 Å². The second-order valence-corrected chi connectivity index (χ2v) is 5.83. The van der Waals surface area contributed by atoms with Crippen LogP contribution in [0.5, 0.6) is 0 Å². The van der Waals surface area contributed by atoms with E-state index in [4.69, 9.17) is 11.6 Å². The van der Waals surface area contributed by atoms with Gasteiger partial charge in [-0.3, -0.25) is 4.79 Å². The molecule has 0 spiro atoms. The van der Waals surface area contributed by atoms with Crippen molar-refractivity contribution in [1.82, 2.24) is 4.90 Å². The van der Waals surface area contributed by atoms with Crippen molar-refractivity contribution in [3.8, 4) is 0 Å². The third-order valence-electron chi connectivity index (χ3n) is 3.58. The molecule has 0 heterocycles. The summed E-state index contributed by atoms with van der Waals surface area (Å²) >= 11 is 6.10. The van der Waals surface area contributed by atoms with Gasteiger partial charge in [-0.1, -0.05) is 23.8 Å². The van der Waals surface area contributed by atoms with Crippen molar-refractivity contribution in [2.24, 2.45) is 5.92 Å². The van der Waals surface area contributed by atoms with Crippen molar-refractivity contribution in [2.45, 2.75) is 19.3 Å². The molecule has 1 amide bonds. The summed E-state index contributed by atoms with van der Waals surface area (Å²) in [6, 6.07) is 5.54. The zero-order valence-electron chi connectivity index (χ0n) is 12.0. The highest BCUT2D eigenvalue weighted by Crippen LogP contribution is 2.23. The topological polar surface area (TPSA) is 32.3 Å². The number of hydrogen-bond donors (Lipinski definition) is 1. The molecule has 1 aromatic rings. The van der Waals surface area contributed by atoms with Crippen molar-refractivity contribution in [1.29, 1.82) is 0 Å². The van der Waals surface area contributed by atoms with Gasteiger partial charge in [0.1, 0.15) is 0 Å². The SMILES string of the molecule is CN(C)C(=O)c1cc(NCC2CC=CCC2)ccc1Cl. The second-order valence-electron chi connectivity index (χ2n) is 5.43. The summed E-state index contributed by atoms with van der Waals surface area (Å²) in [6.07, 6.45) is 8.01. The number of nitrogens with zero attached hydrogens (tertiary/aromatic N) is 1. The Morgan fingerprint density at radius 3 is 2.85 bits per heavy atom. The Kier molecular flexibility index (Phi) is 5.07. The fraction of sp³-hybridized carbons (Fsp3) is 0.438. The Morgan fingerprint density at radius 1 is 1.40 bits per heavy atom. The first-order valence-corrected chi connectivity index (χ1v) is 7.36. The van der Waals surface area contributed by atoms with E-state index >= 15 is 0 Å². The largest absolute Gasteiger partial charge is 0.385 e. The number of allylic oxidation sites excluding steroid dienone is 2. The molecule has 1 N–H and O–H groups in total. The van der Waals surface area contributed by atoms with Gasteiger partial charge in [-0.25, -0.2) is 0 Å². The summed E-state index contributed by atoms with van der Waals surface area (Å²) in [5, 5.41) is 3.91. The molecular formula is C16H21ClN2O. The lowest BCUT2D eigenvalue weighted by molar-refractivity contribution is 0.0828. The van der Waals surface area contributed by atoms with Crippen LogP contribution in [-0.2, 0) is 0 Å². The van der Waals surface area contributed by atoms with E-state index in [0.29, 0.717) is 16.5 Å². The normalized spacial score (nSPS) is 17.9. The monoisotopic (exact) mass is 292 g/mol. The molecule has 1 aromatic carbocycles. The molecule has 2 rings (SSSR count). The first kappa shape index (κ1) is 14.9. The number of carbonyl (C=O) groups excluding carboxylic acids is 1. The number of hydrogen-bond acceptors (Lipinski definition) is 2. The predicted molar refractivity (Wildman–Crippen MR) is 84.4 cm³/mol. The van der Waals surface area contributed by atoms with Gasteiger partial charge in [-0.15, -0.1) is 0 Å². The molecule has 20 heavy (non-hydrogen) atoms. The minimum absolute atomic E-state index is 0.0701. The van der Waals surface area contributed by atoms with E-state index < -0.39 is 0 Å². The lowest BCUT2D eigenvalue weighted by Gasteiger charge is -2.19. The summed E-state index contributed by atoms with van der Waals surface area (Å²) in [7, 11) is 3.46. The van der Waals surface area contributed by atoms with Crippen LogP contribution in [0.25, 0.3) is 0 Å². The molecule has 0 fully saturated rings. The molecule has 4 heteroatoms. The highest BCUT2D eigenvalue weighted by atomic mass is 35.5. The van der Waals surface area contributed by atoms with Crippen molar-refractivity contribution in [3.05, 3.63) is 40.9 Å². The number of anilines is 1. The molecule has 1 aliphatic carbocycles. The summed E-state index contributed by atoms with van der Waals surface area (Å²) in [5.74, 6) is 0.600. The Balaban J connectivity index is 2.03. The highest BCUT2D eigenvalue weighted by Gasteiger charge is 2.14. The van der Waals surface area contributed by atoms with Crippen LogP contribution in [0.2, 0.25) is 5.02 Å². The number of rotatable bonds is 4. The van der Waals surface area contributed by atoms with Gasteiger partial charge in [0, 0.05) is 26.3 Å². The van der Waals surface area contributed by atoms with Crippen LogP contribution < -0.4 is 5.32 Å². The van der Waals surface area contributed by atoms with E-state index in [2.05, 4.69) is 17.5 Å². The van der Waals surface area contributed by atoms with Crippen LogP contribution in [0.1, 0.15) is 29.6 Å². The van der Waals surface area contributed by atoms with Gasteiger partial charge >= 0.3 is 0 Å². The molecule has 0 saturated heterocycles. The number of amides is 1. The minimum atomic E-state index is -0.0701. The van der Waals surface area contributed by atoms with Crippen LogP contribution in [0, 0.1) is 5.92 Å².